The maximum atomic E-state index is 13.6. The van der Waals surface area contributed by atoms with E-state index in [2.05, 4.69) is 0 Å². The van der Waals surface area contributed by atoms with Crippen LogP contribution in [0.1, 0.15) is 12.5 Å². The summed E-state index contributed by atoms with van der Waals surface area (Å²) < 4.78 is 32.3. The van der Waals surface area contributed by atoms with Crippen LogP contribution in [0.3, 0.4) is 0 Å². The van der Waals surface area contributed by atoms with Crippen LogP contribution in [0.25, 0.3) is 0 Å². The number of para-hydroxylation sites is 1. The van der Waals surface area contributed by atoms with Gasteiger partial charge in [-0.05, 0) is 37.1 Å². The lowest BCUT2D eigenvalue weighted by molar-refractivity contribution is 0.412. The molecule has 2 aromatic carbocycles. The van der Waals surface area contributed by atoms with Crippen molar-refractivity contribution in [3.8, 4) is 11.5 Å². The molecule has 0 aliphatic rings. The fourth-order valence-electron chi connectivity index (χ4n) is 1.85. The molecule has 0 aromatic heterocycles. The van der Waals surface area contributed by atoms with Gasteiger partial charge in [-0.15, -0.1) is 0 Å². The van der Waals surface area contributed by atoms with Gasteiger partial charge in [0.25, 0.3) is 0 Å². The second kappa shape index (κ2) is 6.20. The predicted molar refractivity (Wildman–Crippen MR) is 75.2 cm³/mol. The Morgan fingerprint density at radius 2 is 1.90 bits per heavy atom. The van der Waals surface area contributed by atoms with Gasteiger partial charge in [0.2, 0.25) is 5.82 Å². The lowest BCUT2D eigenvalue weighted by atomic mass is 10.1. The van der Waals surface area contributed by atoms with Crippen LogP contribution in [0.2, 0.25) is 5.02 Å². The van der Waals surface area contributed by atoms with E-state index in [4.69, 9.17) is 22.1 Å². The van der Waals surface area contributed by atoms with E-state index >= 15 is 0 Å². The van der Waals surface area contributed by atoms with Crippen molar-refractivity contribution in [2.24, 2.45) is 5.73 Å². The van der Waals surface area contributed by atoms with Crippen molar-refractivity contribution in [1.82, 2.24) is 0 Å². The normalized spacial score (nSPS) is 12.2. The van der Waals surface area contributed by atoms with Crippen LogP contribution in [0.15, 0.2) is 36.4 Å². The first-order chi connectivity index (χ1) is 9.49. The highest BCUT2D eigenvalue weighted by Gasteiger charge is 2.15. The molecular formula is C15H14ClF2NO. The Labute approximate surface area is 121 Å². The molecule has 0 saturated heterocycles. The van der Waals surface area contributed by atoms with E-state index in [0.717, 1.165) is 11.6 Å². The molecule has 0 aliphatic carbocycles. The Morgan fingerprint density at radius 3 is 2.60 bits per heavy atom. The third-order valence-corrected chi connectivity index (χ3v) is 3.02. The molecule has 2 aromatic rings. The molecule has 1 unspecified atom stereocenters. The first-order valence-electron chi connectivity index (χ1n) is 6.14. The summed E-state index contributed by atoms with van der Waals surface area (Å²) in [7, 11) is 0. The third kappa shape index (κ3) is 3.26. The van der Waals surface area contributed by atoms with E-state index in [-0.39, 0.29) is 11.8 Å². The number of halogens is 3. The van der Waals surface area contributed by atoms with Crippen molar-refractivity contribution in [3.63, 3.8) is 0 Å². The van der Waals surface area contributed by atoms with Crippen molar-refractivity contribution < 1.29 is 13.5 Å². The van der Waals surface area contributed by atoms with Crippen molar-refractivity contribution in [2.45, 2.75) is 19.4 Å². The molecule has 0 aliphatic heterocycles. The Hall–Kier alpha value is -1.65. The summed E-state index contributed by atoms with van der Waals surface area (Å²) in [6, 6.07) is 8.81. The van der Waals surface area contributed by atoms with Gasteiger partial charge < -0.3 is 10.5 Å². The quantitative estimate of drug-likeness (QED) is 0.913. The molecule has 2 N–H and O–H groups in total. The van der Waals surface area contributed by atoms with Crippen LogP contribution in [0.5, 0.6) is 11.5 Å². The number of benzene rings is 2. The standard InChI is InChI=1S/C15H14ClF2NO/c1-9(19)8-10-4-2-5-11(16)15(10)20-13-7-3-6-12(17)14(13)18/h2-7,9H,8,19H2,1H3. The van der Waals surface area contributed by atoms with E-state index < -0.39 is 11.6 Å². The largest absolute Gasteiger partial charge is 0.452 e. The minimum Gasteiger partial charge on any atom is -0.452 e. The third-order valence-electron chi connectivity index (χ3n) is 2.72. The fraction of sp³-hybridized carbons (Fsp3) is 0.200. The van der Waals surface area contributed by atoms with Crippen molar-refractivity contribution in [2.75, 3.05) is 0 Å². The van der Waals surface area contributed by atoms with Gasteiger partial charge in [0.15, 0.2) is 11.6 Å². The van der Waals surface area contributed by atoms with Crippen LogP contribution < -0.4 is 10.5 Å². The highest BCUT2D eigenvalue weighted by Crippen LogP contribution is 2.35. The van der Waals surface area contributed by atoms with Crippen molar-refractivity contribution in [3.05, 3.63) is 58.6 Å². The van der Waals surface area contributed by atoms with Crippen LogP contribution in [-0.4, -0.2) is 6.04 Å². The van der Waals surface area contributed by atoms with Gasteiger partial charge in [0.05, 0.1) is 5.02 Å². The molecule has 0 spiro atoms. The highest BCUT2D eigenvalue weighted by atomic mass is 35.5. The second-order valence-corrected chi connectivity index (χ2v) is 4.97. The number of rotatable bonds is 4. The van der Waals surface area contributed by atoms with E-state index in [1.54, 1.807) is 18.2 Å². The zero-order chi connectivity index (χ0) is 14.7. The summed E-state index contributed by atoms with van der Waals surface area (Å²) in [6.45, 7) is 1.84. The maximum absolute atomic E-state index is 13.6. The molecule has 20 heavy (non-hydrogen) atoms. The first kappa shape index (κ1) is 14.8. The van der Waals surface area contributed by atoms with E-state index in [1.165, 1.54) is 12.1 Å². The first-order valence-corrected chi connectivity index (χ1v) is 6.51. The number of nitrogens with two attached hydrogens (primary N) is 1. The smallest absolute Gasteiger partial charge is 0.201 e. The molecule has 0 heterocycles. The minimum absolute atomic E-state index is 0.104. The van der Waals surface area contributed by atoms with Gasteiger partial charge in [0, 0.05) is 6.04 Å². The average Bonchev–Trinajstić information content (AvgIpc) is 2.38. The molecule has 0 amide bonds. The number of hydrogen-bond donors (Lipinski definition) is 1. The summed E-state index contributed by atoms with van der Waals surface area (Å²) in [5.41, 5.74) is 6.50. The molecule has 0 saturated carbocycles. The van der Waals surface area contributed by atoms with Crippen LogP contribution in [0, 0.1) is 11.6 Å². The summed E-state index contributed by atoms with van der Waals surface area (Å²) >= 11 is 6.07. The number of ether oxygens (including phenoxy) is 1. The van der Waals surface area contributed by atoms with Crippen LogP contribution >= 0.6 is 11.6 Å². The molecule has 0 bridgehead atoms. The average molecular weight is 298 g/mol. The molecule has 5 heteroatoms. The molecule has 0 radical (unpaired) electrons. The molecule has 1 atom stereocenters. The van der Waals surface area contributed by atoms with Gasteiger partial charge in [-0.3, -0.25) is 0 Å². The van der Waals surface area contributed by atoms with E-state index in [1.807, 2.05) is 6.92 Å². The molecule has 2 nitrogen and oxygen atoms in total. The van der Waals surface area contributed by atoms with Gasteiger partial charge in [-0.1, -0.05) is 29.8 Å². The SMILES string of the molecule is CC(N)Cc1cccc(Cl)c1Oc1cccc(F)c1F. The van der Waals surface area contributed by atoms with E-state index in [0.29, 0.717) is 17.2 Å². The monoisotopic (exact) mass is 297 g/mol. The maximum Gasteiger partial charge on any atom is 0.201 e. The predicted octanol–water partition coefficient (Wildman–Crippen LogP) is 4.30. The summed E-state index contributed by atoms with van der Waals surface area (Å²) in [5, 5.41) is 0.326. The molecule has 106 valence electrons. The van der Waals surface area contributed by atoms with Gasteiger partial charge in [-0.25, -0.2) is 4.39 Å². The summed E-state index contributed by atoms with van der Waals surface area (Å²) in [6.07, 6.45) is 0.521. The van der Waals surface area contributed by atoms with Crippen molar-refractivity contribution in [1.29, 1.82) is 0 Å². The van der Waals surface area contributed by atoms with Gasteiger partial charge in [-0.2, -0.15) is 4.39 Å². The lowest BCUT2D eigenvalue weighted by Crippen LogP contribution is -2.18. The molecule has 2 rings (SSSR count). The summed E-state index contributed by atoms with van der Waals surface area (Å²) in [5.74, 6) is -1.91. The summed E-state index contributed by atoms with van der Waals surface area (Å²) in [4.78, 5) is 0. The molecule has 0 fully saturated rings. The second-order valence-electron chi connectivity index (χ2n) is 4.56. The minimum atomic E-state index is -1.04. The van der Waals surface area contributed by atoms with Crippen LogP contribution in [-0.2, 0) is 6.42 Å². The van der Waals surface area contributed by atoms with E-state index in [9.17, 15) is 8.78 Å². The molecular weight excluding hydrogens is 284 g/mol. The Kier molecular flexibility index (Phi) is 4.57. The van der Waals surface area contributed by atoms with Crippen molar-refractivity contribution >= 4 is 11.6 Å². The topological polar surface area (TPSA) is 35.2 Å². The highest BCUT2D eigenvalue weighted by molar-refractivity contribution is 6.32. The Balaban J connectivity index is 2.40. The van der Waals surface area contributed by atoms with Crippen LogP contribution in [0.4, 0.5) is 8.78 Å². The Morgan fingerprint density at radius 1 is 1.20 bits per heavy atom. The lowest BCUT2D eigenvalue weighted by Gasteiger charge is -2.14. The Bertz CT molecular complexity index is 617. The fourth-order valence-corrected chi connectivity index (χ4v) is 2.08. The zero-order valence-electron chi connectivity index (χ0n) is 10.9. The van der Waals surface area contributed by atoms with Gasteiger partial charge in [0.1, 0.15) is 5.75 Å². The number of hydrogen-bond acceptors (Lipinski definition) is 2. The zero-order valence-corrected chi connectivity index (χ0v) is 11.6. The van der Waals surface area contributed by atoms with Gasteiger partial charge >= 0.3 is 0 Å².